The summed E-state index contributed by atoms with van der Waals surface area (Å²) in [6.07, 6.45) is 1.18. The van der Waals surface area contributed by atoms with Gasteiger partial charge in [0.05, 0.1) is 20.3 Å². The van der Waals surface area contributed by atoms with E-state index in [1.807, 2.05) is 24.1 Å². The second-order valence-electron chi connectivity index (χ2n) is 6.66. The molecule has 0 saturated carbocycles. The minimum Gasteiger partial charge on any atom is -0.496 e. The predicted molar refractivity (Wildman–Crippen MR) is 104 cm³/mol. The van der Waals surface area contributed by atoms with Crippen molar-refractivity contribution in [3.05, 3.63) is 28.8 Å². The Balaban J connectivity index is 1.77. The third kappa shape index (κ3) is 6.59. The fourth-order valence-corrected chi connectivity index (χ4v) is 3.35. The van der Waals surface area contributed by atoms with Crippen LogP contribution in [0.5, 0.6) is 5.75 Å². The van der Waals surface area contributed by atoms with E-state index >= 15 is 0 Å². The van der Waals surface area contributed by atoms with Crippen LogP contribution in [0.25, 0.3) is 0 Å². The van der Waals surface area contributed by atoms with Gasteiger partial charge in [-0.15, -0.1) is 0 Å². The number of likely N-dealkylation sites (tertiary alicyclic amines) is 1. The highest BCUT2D eigenvalue weighted by atomic mass is 35.5. The standard InChI is InChI=1S/C19H28ClN3O4/c1-4-27-19(25)23-9-7-16(8-10-23)21-18(24)13-22(2)12-14-11-15(20)5-6-17(14)26-3/h5-6,11,16H,4,7-10,12-13H2,1-3H3,(H,21,24). The van der Waals surface area contributed by atoms with Gasteiger partial charge < -0.3 is 19.7 Å². The summed E-state index contributed by atoms with van der Waals surface area (Å²) >= 11 is 6.06. The van der Waals surface area contributed by atoms with Crippen molar-refractivity contribution in [1.29, 1.82) is 0 Å². The van der Waals surface area contributed by atoms with E-state index in [0.717, 1.165) is 24.2 Å². The summed E-state index contributed by atoms with van der Waals surface area (Å²) in [5, 5.41) is 3.69. The van der Waals surface area contributed by atoms with Crippen molar-refractivity contribution in [2.45, 2.75) is 32.4 Å². The molecule has 8 heteroatoms. The monoisotopic (exact) mass is 397 g/mol. The number of carbonyl (C=O) groups is 2. The molecule has 1 saturated heterocycles. The average Bonchev–Trinajstić information content (AvgIpc) is 2.62. The van der Waals surface area contributed by atoms with Crippen LogP contribution in [-0.2, 0) is 16.1 Å². The summed E-state index contributed by atoms with van der Waals surface area (Å²) in [5.41, 5.74) is 0.933. The van der Waals surface area contributed by atoms with E-state index in [1.165, 1.54) is 0 Å². The molecule has 1 aromatic rings. The maximum absolute atomic E-state index is 12.3. The zero-order valence-corrected chi connectivity index (χ0v) is 16.9. The highest BCUT2D eigenvalue weighted by Crippen LogP contribution is 2.23. The minimum atomic E-state index is -0.280. The largest absolute Gasteiger partial charge is 0.496 e. The molecule has 0 radical (unpaired) electrons. The van der Waals surface area contributed by atoms with Crippen LogP contribution in [0.4, 0.5) is 4.79 Å². The zero-order chi connectivity index (χ0) is 19.8. The second-order valence-corrected chi connectivity index (χ2v) is 7.09. The number of methoxy groups -OCH3 is 1. The second kappa shape index (κ2) is 10.4. The molecule has 0 spiro atoms. The van der Waals surface area contributed by atoms with E-state index in [1.54, 1.807) is 25.0 Å². The van der Waals surface area contributed by atoms with Crippen molar-refractivity contribution in [1.82, 2.24) is 15.1 Å². The molecule has 1 aliphatic rings. The van der Waals surface area contributed by atoms with E-state index in [4.69, 9.17) is 21.1 Å². The first-order valence-electron chi connectivity index (χ1n) is 9.15. The van der Waals surface area contributed by atoms with Crippen LogP contribution in [-0.4, -0.2) is 68.2 Å². The Morgan fingerprint density at radius 3 is 2.67 bits per heavy atom. The SMILES string of the molecule is CCOC(=O)N1CCC(NC(=O)CN(C)Cc2cc(Cl)ccc2OC)CC1. The number of hydrogen-bond acceptors (Lipinski definition) is 5. The Kier molecular flexibility index (Phi) is 8.19. The molecule has 0 bridgehead atoms. The Morgan fingerprint density at radius 2 is 2.04 bits per heavy atom. The van der Waals surface area contributed by atoms with Gasteiger partial charge >= 0.3 is 6.09 Å². The maximum atomic E-state index is 12.3. The normalized spacial score (nSPS) is 14.9. The summed E-state index contributed by atoms with van der Waals surface area (Å²) in [6, 6.07) is 5.53. The molecule has 0 aliphatic carbocycles. The van der Waals surface area contributed by atoms with Crippen LogP contribution in [0.2, 0.25) is 5.02 Å². The molecule has 1 aliphatic heterocycles. The van der Waals surface area contributed by atoms with Crippen LogP contribution in [0, 0.1) is 0 Å². The first kappa shape index (κ1) is 21.3. The van der Waals surface area contributed by atoms with Crippen LogP contribution < -0.4 is 10.1 Å². The predicted octanol–water partition coefficient (Wildman–Crippen LogP) is 2.52. The lowest BCUT2D eigenvalue weighted by atomic mass is 10.1. The van der Waals surface area contributed by atoms with Gasteiger partial charge in [-0.1, -0.05) is 11.6 Å². The van der Waals surface area contributed by atoms with Crippen LogP contribution in [0.3, 0.4) is 0 Å². The summed E-state index contributed by atoms with van der Waals surface area (Å²) < 4.78 is 10.4. The zero-order valence-electron chi connectivity index (χ0n) is 16.2. The number of amides is 2. The van der Waals surface area contributed by atoms with Crippen molar-refractivity contribution in [2.24, 2.45) is 0 Å². The number of hydrogen-bond donors (Lipinski definition) is 1. The Bertz CT molecular complexity index is 648. The lowest BCUT2D eigenvalue weighted by molar-refractivity contribution is -0.123. The van der Waals surface area contributed by atoms with E-state index < -0.39 is 0 Å². The Hall–Kier alpha value is -1.99. The summed E-state index contributed by atoms with van der Waals surface area (Å²) in [7, 11) is 3.49. The van der Waals surface area contributed by atoms with Crippen molar-refractivity contribution < 1.29 is 19.1 Å². The highest BCUT2D eigenvalue weighted by molar-refractivity contribution is 6.30. The summed E-state index contributed by atoms with van der Waals surface area (Å²) in [4.78, 5) is 27.6. The number of carbonyl (C=O) groups excluding carboxylic acids is 2. The van der Waals surface area contributed by atoms with Gasteiger partial charge in [-0.2, -0.15) is 0 Å². The molecule has 2 amide bonds. The summed E-state index contributed by atoms with van der Waals surface area (Å²) in [5.74, 6) is 0.714. The van der Waals surface area contributed by atoms with Gasteiger partial charge in [0, 0.05) is 36.3 Å². The van der Waals surface area contributed by atoms with Crippen LogP contribution in [0.15, 0.2) is 18.2 Å². The third-order valence-corrected chi connectivity index (χ3v) is 4.72. The minimum absolute atomic E-state index is 0.0342. The molecule has 1 aromatic carbocycles. The average molecular weight is 398 g/mol. The van der Waals surface area contributed by atoms with E-state index in [9.17, 15) is 9.59 Å². The van der Waals surface area contributed by atoms with E-state index in [0.29, 0.717) is 31.3 Å². The van der Waals surface area contributed by atoms with Crippen LogP contribution in [0.1, 0.15) is 25.3 Å². The molecule has 27 heavy (non-hydrogen) atoms. The molecule has 2 rings (SSSR count). The number of nitrogens with zero attached hydrogens (tertiary/aromatic N) is 2. The lowest BCUT2D eigenvalue weighted by Crippen LogP contribution is -2.48. The van der Waals surface area contributed by atoms with Gasteiger partial charge in [-0.25, -0.2) is 4.79 Å². The maximum Gasteiger partial charge on any atom is 0.409 e. The van der Waals surface area contributed by atoms with Crippen molar-refractivity contribution >= 4 is 23.6 Å². The van der Waals surface area contributed by atoms with Gasteiger partial charge in [0.25, 0.3) is 0 Å². The Morgan fingerprint density at radius 1 is 1.33 bits per heavy atom. The topological polar surface area (TPSA) is 71.1 Å². The number of nitrogens with one attached hydrogen (secondary N) is 1. The first-order chi connectivity index (χ1) is 12.9. The molecule has 1 N–H and O–H groups in total. The van der Waals surface area contributed by atoms with E-state index in [2.05, 4.69) is 5.32 Å². The highest BCUT2D eigenvalue weighted by Gasteiger charge is 2.24. The molecule has 0 aromatic heterocycles. The lowest BCUT2D eigenvalue weighted by Gasteiger charge is -2.32. The van der Waals surface area contributed by atoms with Gasteiger partial charge in [0.1, 0.15) is 5.75 Å². The number of halogens is 1. The number of piperidine rings is 1. The molecule has 7 nitrogen and oxygen atoms in total. The number of ether oxygens (including phenoxy) is 2. The quantitative estimate of drug-likeness (QED) is 0.765. The van der Waals surface area contributed by atoms with Gasteiger partial charge in [-0.05, 0) is 45.0 Å². The number of benzene rings is 1. The molecule has 1 heterocycles. The van der Waals surface area contributed by atoms with Gasteiger partial charge in [-0.3, -0.25) is 9.69 Å². The number of likely N-dealkylation sites (N-methyl/N-ethyl adjacent to an activating group) is 1. The fraction of sp³-hybridized carbons (Fsp3) is 0.579. The fourth-order valence-electron chi connectivity index (χ4n) is 3.16. The van der Waals surface area contributed by atoms with Crippen molar-refractivity contribution in [3.8, 4) is 5.75 Å². The third-order valence-electron chi connectivity index (χ3n) is 4.48. The molecular formula is C19H28ClN3O4. The van der Waals surface area contributed by atoms with Gasteiger partial charge in [0.2, 0.25) is 5.91 Å². The molecule has 0 atom stereocenters. The first-order valence-corrected chi connectivity index (χ1v) is 9.52. The van der Waals surface area contributed by atoms with Crippen molar-refractivity contribution in [2.75, 3.05) is 40.4 Å². The van der Waals surface area contributed by atoms with Crippen molar-refractivity contribution in [3.63, 3.8) is 0 Å². The molecule has 1 fully saturated rings. The smallest absolute Gasteiger partial charge is 0.409 e. The van der Waals surface area contributed by atoms with E-state index in [-0.39, 0.29) is 24.6 Å². The number of rotatable bonds is 7. The van der Waals surface area contributed by atoms with Gasteiger partial charge in [0.15, 0.2) is 0 Å². The van der Waals surface area contributed by atoms with Crippen LogP contribution >= 0.6 is 11.6 Å². The molecular weight excluding hydrogens is 370 g/mol. The summed E-state index contributed by atoms with van der Waals surface area (Å²) in [6.45, 7) is 4.18. The molecule has 150 valence electrons. The molecule has 0 unspecified atom stereocenters. The Labute approximate surface area is 165 Å².